The van der Waals surface area contributed by atoms with Crippen LogP contribution < -0.4 is 11.1 Å². The molecule has 4 heteroatoms. The standard InChI is InChI=1S/C12H24N2O2/c1-9(2)5-6-14-12(15)8-16-11-4-3-10(13)7-11/h9-11H,3-8,13H2,1-2H3,(H,14,15). The molecule has 94 valence electrons. The minimum Gasteiger partial charge on any atom is -0.368 e. The molecule has 2 atom stereocenters. The molecule has 16 heavy (non-hydrogen) atoms. The normalized spacial score (nSPS) is 25.0. The van der Waals surface area contributed by atoms with Crippen molar-refractivity contribution < 1.29 is 9.53 Å². The molecule has 4 nitrogen and oxygen atoms in total. The van der Waals surface area contributed by atoms with Crippen LogP contribution in [0.4, 0.5) is 0 Å². The molecule has 2 unspecified atom stereocenters. The Morgan fingerprint density at radius 2 is 2.25 bits per heavy atom. The number of nitrogens with two attached hydrogens (primary N) is 1. The molecule has 0 bridgehead atoms. The van der Waals surface area contributed by atoms with Gasteiger partial charge >= 0.3 is 0 Å². The predicted octanol–water partition coefficient (Wildman–Crippen LogP) is 1.05. The number of ether oxygens (including phenoxy) is 1. The lowest BCUT2D eigenvalue weighted by Gasteiger charge is -2.12. The van der Waals surface area contributed by atoms with Gasteiger partial charge in [-0.2, -0.15) is 0 Å². The van der Waals surface area contributed by atoms with E-state index in [-0.39, 0.29) is 24.7 Å². The molecule has 0 aromatic heterocycles. The Bertz CT molecular complexity index is 219. The maximum Gasteiger partial charge on any atom is 0.246 e. The van der Waals surface area contributed by atoms with Crippen LogP contribution in [-0.4, -0.2) is 31.2 Å². The highest BCUT2D eigenvalue weighted by Crippen LogP contribution is 2.19. The number of rotatable bonds is 6. The Morgan fingerprint density at radius 3 is 2.81 bits per heavy atom. The minimum atomic E-state index is -0.0129. The van der Waals surface area contributed by atoms with Gasteiger partial charge in [-0.15, -0.1) is 0 Å². The van der Waals surface area contributed by atoms with Gasteiger partial charge < -0.3 is 15.8 Å². The SMILES string of the molecule is CC(C)CCNC(=O)COC1CCC(N)C1. The molecule has 3 N–H and O–H groups in total. The summed E-state index contributed by atoms with van der Waals surface area (Å²) in [6.45, 7) is 5.20. The maximum absolute atomic E-state index is 11.4. The number of carbonyl (C=O) groups excluding carboxylic acids is 1. The van der Waals surface area contributed by atoms with Crippen molar-refractivity contribution in [3.8, 4) is 0 Å². The molecule has 1 aliphatic rings. The monoisotopic (exact) mass is 228 g/mol. The highest BCUT2D eigenvalue weighted by atomic mass is 16.5. The van der Waals surface area contributed by atoms with E-state index in [9.17, 15) is 4.79 Å². The molecule has 0 aliphatic heterocycles. The third-order valence-corrected chi connectivity index (χ3v) is 2.92. The van der Waals surface area contributed by atoms with Crippen LogP contribution in [0, 0.1) is 5.92 Å². The van der Waals surface area contributed by atoms with Crippen molar-refractivity contribution in [1.29, 1.82) is 0 Å². The molecule has 1 saturated carbocycles. The Labute approximate surface area is 97.9 Å². The molecule has 0 heterocycles. The first-order chi connectivity index (χ1) is 7.58. The number of amides is 1. The van der Waals surface area contributed by atoms with Crippen LogP contribution in [0.5, 0.6) is 0 Å². The molecular weight excluding hydrogens is 204 g/mol. The fourth-order valence-electron chi connectivity index (χ4n) is 1.87. The summed E-state index contributed by atoms with van der Waals surface area (Å²) in [6, 6.07) is 0.258. The zero-order valence-corrected chi connectivity index (χ0v) is 10.4. The van der Waals surface area contributed by atoms with Gasteiger partial charge in [-0.05, 0) is 31.6 Å². The van der Waals surface area contributed by atoms with Gasteiger partial charge in [0, 0.05) is 12.6 Å². The van der Waals surface area contributed by atoms with Crippen molar-refractivity contribution in [1.82, 2.24) is 5.32 Å². The van der Waals surface area contributed by atoms with Crippen molar-refractivity contribution in [2.24, 2.45) is 11.7 Å². The lowest BCUT2D eigenvalue weighted by Crippen LogP contribution is -2.31. The third-order valence-electron chi connectivity index (χ3n) is 2.92. The van der Waals surface area contributed by atoms with Crippen LogP contribution in [0.1, 0.15) is 39.5 Å². The molecule has 0 saturated heterocycles. The molecule has 0 radical (unpaired) electrons. The first-order valence-electron chi connectivity index (χ1n) is 6.21. The van der Waals surface area contributed by atoms with Gasteiger partial charge in [-0.3, -0.25) is 4.79 Å². The predicted molar refractivity (Wildman–Crippen MR) is 64.0 cm³/mol. The Morgan fingerprint density at radius 1 is 1.50 bits per heavy atom. The number of hydrogen-bond donors (Lipinski definition) is 2. The van der Waals surface area contributed by atoms with Gasteiger partial charge in [-0.1, -0.05) is 13.8 Å². The first kappa shape index (κ1) is 13.5. The van der Waals surface area contributed by atoms with Crippen LogP contribution in [0.25, 0.3) is 0 Å². The van der Waals surface area contributed by atoms with E-state index >= 15 is 0 Å². The number of hydrogen-bond acceptors (Lipinski definition) is 3. The third kappa shape index (κ3) is 5.47. The van der Waals surface area contributed by atoms with Crippen LogP contribution in [0.15, 0.2) is 0 Å². The summed E-state index contributed by atoms with van der Waals surface area (Å²) < 4.78 is 5.50. The van der Waals surface area contributed by atoms with E-state index in [4.69, 9.17) is 10.5 Å². The van der Waals surface area contributed by atoms with Crippen molar-refractivity contribution >= 4 is 5.91 Å². The van der Waals surface area contributed by atoms with E-state index in [1.165, 1.54) is 0 Å². The minimum absolute atomic E-state index is 0.0129. The number of nitrogens with one attached hydrogen (secondary N) is 1. The lowest BCUT2D eigenvalue weighted by molar-refractivity contribution is -0.127. The fourth-order valence-corrected chi connectivity index (χ4v) is 1.87. The molecule has 0 spiro atoms. The van der Waals surface area contributed by atoms with Gasteiger partial charge in [-0.25, -0.2) is 0 Å². The largest absolute Gasteiger partial charge is 0.368 e. The average molecular weight is 228 g/mol. The summed E-state index contributed by atoms with van der Waals surface area (Å²) >= 11 is 0. The second-order valence-electron chi connectivity index (χ2n) is 5.04. The first-order valence-corrected chi connectivity index (χ1v) is 6.21. The summed E-state index contributed by atoms with van der Waals surface area (Å²) in [4.78, 5) is 11.4. The van der Waals surface area contributed by atoms with Crippen LogP contribution in [0.3, 0.4) is 0 Å². The van der Waals surface area contributed by atoms with E-state index in [0.29, 0.717) is 5.92 Å². The topological polar surface area (TPSA) is 64.3 Å². The summed E-state index contributed by atoms with van der Waals surface area (Å²) in [7, 11) is 0. The second-order valence-corrected chi connectivity index (χ2v) is 5.04. The van der Waals surface area contributed by atoms with Gasteiger partial charge in [0.15, 0.2) is 0 Å². The van der Waals surface area contributed by atoms with Gasteiger partial charge in [0.1, 0.15) is 6.61 Å². The van der Waals surface area contributed by atoms with Gasteiger partial charge in [0.25, 0.3) is 0 Å². The molecule has 1 amide bonds. The van der Waals surface area contributed by atoms with E-state index in [2.05, 4.69) is 19.2 Å². The highest BCUT2D eigenvalue weighted by Gasteiger charge is 2.22. The summed E-state index contributed by atoms with van der Waals surface area (Å²) in [5, 5.41) is 2.85. The maximum atomic E-state index is 11.4. The van der Waals surface area contributed by atoms with Crippen LogP contribution >= 0.6 is 0 Å². The smallest absolute Gasteiger partial charge is 0.246 e. The average Bonchev–Trinajstić information content (AvgIpc) is 2.61. The summed E-state index contributed by atoms with van der Waals surface area (Å²) in [5.74, 6) is 0.607. The van der Waals surface area contributed by atoms with Gasteiger partial charge in [0.05, 0.1) is 6.10 Å². The van der Waals surface area contributed by atoms with E-state index < -0.39 is 0 Å². The van der Waals surface area contributed by atoms with Crippen molar-refractivity contribution in [3.63, 3.8) is 0 Å². The zero-order chi connectivity index (χ0) is 12.0. The lowest BCUT2D eigenvalue weighted by atomic mass is 10.1. The van der Waals surface area contributed by atoms with Gasteiger partial charge in [0.2, 0.25) is 5.91 Å². The molecule has 1 aliphatic carbocycles. The molecular formula is C12H24N2O2. The summed E-state index contributed by atoms with van der Waals surface area (Å²) in [6.07, 6.45) is 4.09. The zero-order valence-electron chi connectivity index (χ0n) is 10.4. The number of carbonyl (C=O) groups is 1. The van der Waals surface area contributed by atoms with E-state index in [0.717, 1.165) is 32.2 Å². The molecule has 0 aromatic carbocycles. The van der Waals surface area contributed by atoms with E-state index in [1.54, 1.807) is 0 Å². The molecule has 1 fully saturated rings. The van der Waals surface area contributed by atoms with Crippen molar-refractivity contribution in [2.75, 3.05) is 13.2 Å². The highest BCUT2D eigenvalue weighted by molar-refractivity contribution is 5.77. The molecule has 1 rings (SSSR count). The van der Waals surface area contributed by atoms with Crippen LogP contribution in [0.2, 0.25) is 0 Å². The second kappa shape index (κ2) is 6.86. The van der Waals surface area contributed by atoms with Crippen LogP contribution in [-0.2, 0) is 9.53 Å². The Balaban J connectivity index is 2.02. The quantitative estimate of drug-likeness (QED) is 0.714. The summed E-state index contributed by atoms with van der Waals surface area (Å²) in [5.41, 5.74) is 5.76. The van der Waals surface area contributed by atoms with Crippen molar-refractivity contribution in [2.45, 2.75) is 51.7 Å². The fraction of sp³-hybridized carbons (Fsp3) is 0.917. The van der Waals surface area contributed by atoms with E-state index in [1.807, 2.05) is 0 Å². The Kier molecular flexibility index (Phi) is 5.77. The van der Waals surface area contributed by atoms with Crippen molar-refractivity contribution in [3.05, 3.63) is 0 Å². The molecule has 0 aromatic rings. The Hall–Kier alpha value is -0.610.